The van der Waals surface area contributed by atoms with Crippen LogP contribution in [0.1, 0.15) is 13.3 Å². The lowest BCUT2D eigenvalue weighted by Gasteiger charge is -2.13. The minimum atomic E-state index is -3.75. The second-order valence-corrected chi connectivity index (χ2v) is 8.12. The first kappa shape index (κ1) is 10.1. The standard InChI is InChI=1S/C5H14O3SSi/c1-4-5(10(2)3)9(6,7)8/h5,10H,4H2,1-3H3,(H,6,7,8). The van der Waals surface area contributed by atoms with Gasteiger partial charge in [-0.2, -0.15) is 8.42 Å². The summed E-state index contributed by atoms with van der Waals surface area (Å²) in [7, 11) is -5.00. The third-order valence-electron chi connectivity index (χ3n) is 1.53. The molecule has 0 aliphatic heterocycles. The molecule has 0 radical (unpaired) electrons. The van der Waals surface area contributed by atoms with Crippen molar-refractivity contribution in [2.24, 2.45) is 0 Å². The van der Waals surface area contributed by atoms with Crippen LogP contribution in [0.15, 0.2) is 0 Å². The fourth-order valence-corrected chi connectivity index (χ4v) is 5.14. The van der Waals surface area contributed by atoms with Gasteiger partial charge in [0.05, 0.1) is 13.7 Å². The average Bonchev–Trinajstić information content (AvgIpc) is 1.60. The van der Waals surface area contributed by atoms with Crippen molar-refractivity contribution in [3.8, 4) is 0 Å². The summed E-state index contributed by atoms with van der Waals surface area (Å²) in [6.07, 6.45) is 0.530. The summed E-state index contributed by atoms with van der Waals surface area (Å²) in [5.41, 5.74) is 0. The van der Waals surface area contributed by atoms with Gasteiger partial charge in [-0.1, -0.05) is 20.0 Å². The molecule has 0 aliphatic rings. The zero-order valence-corrected chi connectivity index (χ0v) is 8.50. The molecule has 0 aromatic carbocycles. The Morgan fingerprint density at radius 1 is 1.50 bits per heavy atom. The number of hydrogen-bond acceptors (Lipinski definition) is 2. The summed E-state index contributed by atoms with van der Waals surface area (Å²) in [6, 6.07) is 0. The molecule has 0 aliphatic carbocycles. The zero-order valence-electron chi connectivity index (χ0n) is 6.53. The lowest BCUT2D eigenvalue weighted by atomic mass is 10.6. The molecular weight excluding hydrogens is 168 g/mol. The molecule has 3 nitrogen and oxygen atoms in total. The fourth-order valence-electron chi connectivity index (χ4n) is 1.03. The Hall–Kier alpha value is 0.127. The molecule has 1 unspecified atom stereocenters. The molecule has 0 saturated carbocycles. The van der Waals surface area contributed by atoms with Crippen molar-refractivity contribution < 1.29 is 13.0 Å². The van der Waals surface area contributed by atoms with E-state index in [9.17, 15) is 8.42 Å². The van der Waals surface area contributed by atoms with Gasteiger partial charge in [0.15, 0.2) is 0 Å². The molecule has 1 N–H and O–H groups in total. The molecule has 0 spiro atoms. The van der Waals surface area contributed by atoms with E-state index in [1.165, 1.54) is 0 Å². The van der Waals surface area contributed by atoms with E-state index in [0.717, 1.165) is 0 Å². The van der Waals surface area contributed by atoms with E-state index >= 15 is 0 Å². The molecule has 0 aromatic rings. The first-order valence-corrected chi connectivity index (χ1v) is 7.83. The molecule has 0 saturated heterocycles. The van der Waals surface area contributed by atoms with Gasteiger partial charge in [0.25, 0.3) is 10.1 Å². The van der Waals surface area contributed by atoms with E-state index in [4.69, 9.17) is 4.55 Å². The predicted octanol–water partition coefficient (Wildman–Crippen LogP) is 0.679. The van der Waals surface area contributed by atoms with Crippen LogP contribution in [-0.2, 0) is 10.1 Å². The Labute approximate surface area is 63.8 Å². The SMILES string of the molecule is CCC([SiH](C)C)S(=O)(=O)O. The van der Waals surface area contributed by atoms with E-state index in [1.807, 2.05) is 13.1 Å². The predicted molar refractivity (Wildman–Crippen MR) is 44.5 cm³/mol. The summed E-state index contributed by atoms with van der Waals surface area (Å²) in [6.45, 7) is 5.62. The highest BCUT2D eigenvalue weighted by Gasteiger charge is 2.24. The normalized spacial score (nSPS) is 15.7. The van der Waals surface area contributed by atoms with Crippen LogP contribution in [0.25, 0.3) is 0 Å². The zero-order chi connectivity index (χ0) is 8.36. The molecule has 1 atom stereocenters. The Bertz CT molecular complexity index is 185. The molecule has 0 rings (SSSR count). The van der Waals surface area contributed by atoms with Crippen LogP contribution in [0.2, 0.25) is 13.1 Å². The molecular formula is C5H14O3SSi. The molecule has 5 heteroatoms. The lowest BCUT2D eigenvalue weighted by Crippen LogP contribution is -2.32. The number of rotatable bonds is 3. The van der Waals surface area contributed by atoms with Crippen LogP contribution in [0, 0.1) is 0 Å². The minimum absolute atomic E-state index is 0.465. The van der Waals surface area contributed by atoms with E-state index < -0.39 is 23.8 Å². The monoisotopic (exact) mass is 182 g/mol. The van der Waals surface area contributed by atoms with E-state index in [1.54, 1.807) is 6.92 Å². The van der Waals surface area contributed by atoms with Gasteiger partial charge in [-0.15, -0.1) is 0 Å². The topological polar surface area (TPSA) is 54.4 Å². The van der Waals surface area contributed by atoms with Crippen LogP contribution < -0.4 is 0 Å². The summed E-state index contributed by atoms with van der Waals surface area (Å²) in [5.74, 6) is 0. The van der Waals surface area contributed by atoms with E-state index in [-0.39, 0.29) is 0 Å². The molecule has 0 bridgehead atoms. The molecule has 62 valence electrons. The van der Waals surface area contributed by atoms with Crippen molar-refractivity contribution in [2.75, 3.05) is 0 Å². The van der Waals surface area contributed by atoms with Crippen molar-refractivity contribution in [1.29, 1.82) is 0 Å². The first-order chi connectivity index (χ1) is 4.39. The highest BCUT2D eigenvalue weighted by molar-refractivity contribution is 7.88. The third-order valence-corrected chi connectivity index (χ3v) is 7.25. The molecule has 10 heavy (non-hydrogen) atoms. The van der Waals surface area contributed by atoms with Crippen molar-refractivity contribution in [2.45, 2.75) is 31.3 Å². The Kier molecular flexibility index (Phi) is 3.54. The van der Waals surface area contributed by atoms with Crippen LogP contribution in [0.3, 0.4) is 0 Å². The first-order valence-electron chi connectivity index (χ1n) is 3.35. The summed E-state index contributed by atoms with van der Waals surface area (Å²) in [5, 5.41) is 0. The highest BCUT2D eigenvalue weighted by Crippen LogP contribution is 2.07. The lowest BCUT2D eigenvalue weighted by molar-refractivity contribution is 0.477. The highest BCUT2D eigenvalue weighted by atomic mass is 32.2. The molecule has 0 amide bonds. The Morgan fingerprint density at radius 2 is 1.90 bits per heavy atom. The minimum Gasteiger partial charge on any atom is -0.286 e. The number of hydrogen-bond donors (Lipinski definition) is 1. The fraction of sp³-hybridized carbons (Fsp3) is 1.00. The van der Waals surface area contributed by atoms with Gasteiger partial charge >= 0.3 is 0 Å². The maximum absolute atomic E-state index is 10.6. The van der Waals surface area contributed by atoms with Gasteiger partial charge in [0, 0.05) is 0 Å². The van der Waals surface area contributed by atoms with Gasteiger partial charge in [-0.3, -0.25) is 4.55 Å². The average molecular weight is 182 g/mol. The van der Waals surface area contributed by atoms with Gasteiger partial charge in [0.2, 0.25) is 0 Å². The van der Waals surface area contributed by atoms with Gasteiger partial charge in [-0.25, -0.2) is 0 Å². The van der Waals surface area contributed by atoms with Crippen LogP contribution in [0.4, 0.5) is 0 Å². The summed E-state index contributed by atoms with van der Waals surface area (Å²) >= 11 is 0. The maximum atomic E-state index is 10.6. The molecule has 0 aromatic heterocycles. The van der Waals surface area contributed by atoms with Gasteiger partial charge in [-0.05, 0) is 6.42 Å². The van der Waals surface area contributed by atoms with Gasteiger partial charge in [0.1, 0.15) is 0 Å². The van der Waals surface area contributed by atoms with E-state index in [2.05, 4.69) is 0 Å². The Balaban J connectivity index is 4.38. The third kappa shape index (κ3) is 2.81. The Morgan fingerprint density at radius 3 is 1.90 bits per heavy atom. The van der Waals surface area contributed by atoms with Gasteiger partial charge < -0.3 is 0 Å². The second-order valence-electron chi connectivity index (χ2n) is 2.71. The second kappa shape index (κ2) is 3.50. The van der Waals surface area contributed by atoms with Crippen LogP contribution >= 0.6 is 0 Å². The maximum Gasteiger partial charge on any atom is 0.264 e. The summed E-state index contributed by atoms with van der Waals surface area (Å²) < 4.78 is 29.8. The largest absolute Gasteiger partial charge is 0.286 e. The van der Waals surface area contributed by atoms with Crippen molar-refractivity contribution in [3.63, 3.8) is 0 Å². The molecule has 0 heterocycles. The van der Waals surface area contributed by atoms with Crippen LogP contribution in [-0.4, -0.2) is 26.6 Å². The van der Waals surface area contributed by atoms with Crippen molar-refractivity contribution in [3.05, 3.63) is 0 Å². The summed E-state index contributed by atoms with van der Waals surface area (Å²) in [4.78, 5) is -0.465. The molecule has 0 fully saturated rings. The van der Waals surface area contributed by atoms with Crippen molar-refractivity contribution in [1.82, 2.24) is 0 Å². The van der Waals surface area contributed by atoms with E-state index in [0.29, 0.717) is 6.42 Å². The smallest absolute Gasteiger partial charge is 0.264 e. The van der Waals surface area contributed by atoms with Crippen molar-refractivity contribution >= 4 is 18.9 Å². The van der Waals surface area contributed by atoms with Crippen LogP contribution in [0.5, 0.6) is 0 Å². The quantitative estimate of drug-likeness (QED) is 0.516.